The van der Waals surface area contributed by atoms with Crippen molar-refractivity contribution in [1.82, 2.24) is 5.32 Å². The maximum Gasteiger partial charge on any atom is 0.265 e. The molecule has 25 heavy (non-hydrogen) atoms. The molecule has 0 atom stereocenters. The molecule has 0 spiro atoms. The highest BCUT2D eigenvalue weighted by Gasteiger charge is 2.30. The minimum absolute atomic E-state index is 0.0129. The van der Waals surface area contributed by atoms with Gasteiger partial charge in [0.15, 0.2) is 0 Å². The molecule has 0 unspecified atom stereocenters. The molecule has 0 aliphatic carbocycles. The topological polar surface area (TPSA) is 49.4 Å². The molecule has 2 aromatic rings. The van der Waals surface area contributed by atoms with Crippen molar-refractivity contribution >= 4 is 35.3 Å². The zero-order valence-electron chi connectivity index (χ0n) is 14.3. The number of carbonyl (C=O) groups excluding carboxylic acids is 2. The molecule has 5 heteroatoms. The van der Waals surface area contributed by atoms with Crippen molar-refractivity contribution in [3.63, 3.8) is 0 Å². The number of rotatable bonds is 4. The molecule has 0 fully saturated rings. The second-order valence-corrected chi connectivity index (χ2v) is 6.82. The van der Waals surface area contributed by atoms with Gasteiger partial charge in [-0.25, -0.2) is 0 Å². The summed E-state index contributed by atoms with van der Waals surface area (Å²) < 4.78 is 0. The van der Waals surface area contributed by atoms with Crippen LogP contribution in [0.2, 0.25) is 0 Å². The summed E-state index contributed by atoms with van der Waals surface area (Å²) in [6.45, 7) is 2.13. The second-order valence-electron chi connectivity index (χ2n) is 5.74. The minimum atomic E-state index is -0.193. The van der Waals surface area contributed by atoms with E-state index < -0.39 is 0 Å². The fourth-order valence-electron chi connectivity index (χ4n) is 2.64. The Morgan fingerprint density at radius 2 is 1.88 bits per heavy atom. The van der Waals surface area contributed by atoms with Crippen LogP contribution in [0.1, 0.15) is 18.1 Å². The lowest BCUT2D eigenvalue weighted by Crippen LogP contribution is -2.41. The maximum absolute atomic E-state index is 12.9. The summed E-state index contributed by atoms with van der Waals surface area (Å²) in [6.07, 6.45) is 2.87. The number of nitrogens with one attached hydrogen (secondary N) is 1. The molecule has 1 heterocycles. The van der Waals surface area contributed by atoms with Gasteiger partial charge in [-0.3, -0.25) is 14.5 Å². The summed E-state index contributed by atoms with van der Waals surface area (Å²) in [4.78, 5) is 27.9. The molecule has 0 saturated carbocycles. The third-order valence-electron chi connectivity index (χ3n) is 4.10. The number of carbonyl (C=O) groups is 2. The molecule has 3 rings (SSSR count). The number of nitrogens with zero attached hydrogens (tertiary/aromatic N) is 1. The Morgan fingerprint density at radius 3 is 2.56 bits per heavy atom. The summed E-state index contributed by atoms with van der Waals surface area (Å²) in [5.41, 5.74) is 3.02. The molecule has 0 saturated heterocycles. The fraction of sp³-hybridized carbons (Fsp3) is 0.200. The van der Waals surface area contributed by atoms with Crippen molar-refractivity contribution in [3.05, 3.63) is 64.6 Å². The van der Waals surface area contributed by atoms with E-state index in [2.05, 4.69) is 24.4 Å². The Balaban J connectivity index is 1.97. The Labute approximate surface area is 151 Å². The highest BCUT2D eigenvalue weighted by Crippen LogP contribution is 2.41. The van der Waals surface area contributed by atoms with E-state index >= 15 is 0 Å². The van der Waals surface area contributed by atoms with E-state index in [-0.39, 0.29) is 18.4 Å². The number of fused-ring (bicyclic) bond motifs is 1. The largest absolute Gasteiger partial charge is 0.358 e. The van der Waals surface area contributed by atoms with Gasteiger partial charge in [-0.1, -0.05) is 55.1 Å². The number of hydrogen-bond donors (Lipinski definition) is 1. The van der Waals surface area contributed by atoms with E-state index in [1.807, 2.05) is 42.5 Å². The van der Waals surface area contributed by atoms with Crippen LogP contribution in [0.5, 0.6) is 0 Å². The van der Waals surface area contributed by atoms with Gasteiger partial charge in [-0.05, 0) is 35.8 Å². The van der Waals surface area contributed by atoms with Gasteiger partial charge >= 0.3 is 0 Å². The first kappa shape index (κ1) is 17.3. The summed E-state index contributed by atoms with van der Waals surface area (Å²) >= 11 is 1.45. The normalized spacial score (nSPS) is 15.2. The smallest absolute Gasteiger partial charge is 0.265 e. The second kappa shape index (κ2) is 7.57. The molecular formula is C20H20N2O2S. The average Bonchev–Trinajstić information content (AvgIpc) is 2.65. The third-order valence-corrected chi connectivity index (χ3v) is 5.18. The predicted molar refractivity (Wildman–Crippen MR) is 103 cm³/mol. The lowest BCUT2D eigenvalue weighted by molar-refractivity contribution is -0.122. The first-order chi connectivity index (χ1) is 12.1. The van der Waals surface area contributed by atoms with Crippen LogP contribution in [0.3, 0.4) is 0 Å². The Hall–Kier alpha value is -2.53. The van der Waals surface area contributed by atoms with Crippen molar-refractivity contribution in [2.75, 3.05) is 18.5 Å². The van der Waals surface area contributed by atoms with E-state index in [9.17, 15) is 9.59 Å². The number of para-hydroxylation sites is 1. The van der Waals surface area contributed by atoms with Crippen molar-refractivity contribution in [1.29, 1.82) is 0 Å². The fourth-order valence-corrected chi connectivity index (χ4v) is 3.70. The first-order valence-electron chi connectivity index (χ1n) is 8.22. The van der Waals surface area contributed by atoms with E-state index in [0.29, 0.717) is 4.91 Å². The molecule has 2 amide bonds. The molecule has 0 radical (unpaired) electrons. The van der Waals surface area contributed by atoms with Crippen molar-refractivity contribution in [3.8, 4) is 0 Å². The molecular weight excluding hydrogens is 332 g/mol. The van der Waals surface area contributed by atoms with Gasteiger partial charge in [0, 0.05) is 11.9 Å². The molecule has 0 aromatic heterocycles. The van der Waals surface area contributed by atoms with Crippen LogP contribution in [0.4, 0.5) is 5.69 Å². The van der Waals surface area contributed by atoms with Crippen LogP contribution in [0.15, 0.2) is 58.3 Å². The first-order valence-corrected chi connectivity index (χ1v) is 9.04. The van der Waals surface area contributed by atoms with Crippen molar-refractivity contribution in [2.24, 2.45) is 0 Å². The number of anilines is 1. The number of hydrogen-bond acceptors (Lipinski definition) is 3. The Kier molecular flexibility index (Phi) is 5.24. The van der Waals surface area contributed by atoms with E-state index in [1.54, 1.807) is 7.05 Å². The zero-order chi connectivity index (χ0) is 17.8. The number of likely N-dealkylation sites (N-methyl/N-ethyl adjacent to an activating group) is 1. The summed E-state index contributed by atoms with van der Waals surface area (Å²) in [5.74, 6) is -0.339. The van der Waals surface area contributed by atoms with E-state index in [4.69, 9.17) is 0 Å². The standard InChI is InChI=1S/C20H20N2O2S/c1-3-14-8-10-15(11-9-14)12-18-20(24)22(13-19(23)21-2)16-6-4-5-7-17(16)25-18/h4-12H,3,13H2,1-2H3,(H,21,23). The molecule has 4 nitrogen and oxygen atoms in total. The number of amides is 2. The molecule has 0 bridgehead atoms. The summed E-state index contributed by atoms with van der Waals surface area (Å²) in [6, 6.07) is 15.8. The zero-order valence-corrected chi connectivity index (χ0v) is 15.1. The van der Waals surface area contributed by atoms with Crippen LogP contribution in [-0.2, 0) is 16.0 Å². The highest BCUT2D eigenvalue weighted by molar-refractivity contribution is 8.04. The highest BCUT2D eigenvalue weighted by atomic mass is 32.2. The van der Waals surface area contributed by atoms with Crippen molar-refractivity contribution < 1.29 is 9.59 Å². The number of aryl methyl sites for hydroxylation is 1. The molecule has 1 N–H and O–H groups in total. The van der Waals surface area contributed by atoms with Gasteiger partial charge in [0.05, 0.1) is 10.6 Å². The summed E-state index contributed by atoms with van der Waals surface area (Å²) in [7, 11) is 1.57. The van der Waals surface area contributed by atoms with Gasteiger partial charge in [0.25, 0.3) is 5.91 Å². The quantitative estimate of drug-likeness (QED) is 0.857. The molecule has 128 valence electrons. The van der Waals surface area contributed by atoms with Crippen LogP contribution in [0.25, 0.3) is 6.08 Å². The minimum Gasteiger partial charge on any atom is -0.358 e. The Bertz CT molecular complexity index is 828. The lowest BCUT2D eigenvalue weighted by Gasteiger charge is -2.29. The van der Waals surface area contributed by atoms with Crippen LogP contribution < -0.4 is 10.2 Å². The monoisotopic (exact) mass is 352 g/mol. The number of benzene rings is 2. The van der Waals surface area contributed by atoms with Gasteiger partial charge in [-0.15, -0.1) is 0 Å². The van der Waals surface area contributed by atoms with Crippen molar-refractivity contribution in [2.45, 2.75) is 18.2 Å². The molecule has 1 aliphatic heterocycles. The SMILES string of the molecule is CCc1ccc(C=C2Sc3ccccc3N(CC(=O)NC)C2=O)cc1. The maximum atomic E-state index is 12.9. The molecule has 2 aromatic carbocycles. The van der Waals surface area contributed by atoms with Gasteiger partial charge < -0.3 is 5.32 Å². The molecule has 1 aliphatic rings. The summed E-state index contributed by atoms with van der Waals surface area (Å²) in [5, 5.41) is 2.58. The van der Waals surface area contributed by atoms with E-state index in [1.165, 1.54) is 22.2 Å². The van der Waals surface area contributed by atoms with Crippen LogP contribution in [-0.4, -0.2) is 25.4 Å². The Morgan fingerprint density at radius 1 is 1.16 bits per heavy atom. The van der Waals surface area contributed by atoms with E-state index in [0.717, 1.165) is 22.6 Å². The predicted octanol–water partition coefficient (Wildman–Crippen LogP) is 3.47. The van der Waals surface area contributed by atoms with Crippen LogP contribution >= 0.6 is 11.8 Å². The third kappa shape index (κ3) is 3.77. The van der Waals surface area contributed by atoms with Gasteiger partial charge in [0.2, 0.25) is 5.91 Å². The average molecular weight is 352 g/mol. The van der Waals surface area contributed by atoms with Gasteiger partial charge in [0.1, 0.15) is 6.54 Å². The number of thioether (sulfide) groups is 1. The van der Waals surface area contributed by atoms with Gasteiger partial charge in [-0.2, -0.15) is 0 Å². The van der Waals surface area contributed by atoms with Crippen LogP contribution in [0, 0.1) is 0 Å². The lowest BCUT2D eigenvalue weighted by atomic mass is 10.1.